The molecule has 3 N–H and O–H groups in total. The second kappa shape index (κ2) is 3.32. The monoisotopic (exact) mass is 147 g/mol. The minimum Gasteiger partial charge on any atom is -0.391 e. The van der Waals surface area contributed by atoms with E-state index < -0.39 is 17.7 Å². The zero-order chi connectivity index (χ0) is 8.36. The first-order valence-electron chi connectivity index (χ1n) is 3.47. The molecule has 62 valence electrons. The number of hydrogen-bond donors (Lipinski definition) is 3. The highest BCUT2D eigenvalue weighted by Gasteiger charge is 2.28. The molecular formula is C7H17NO2. The lowest BCUT2D eigenvalue weighted by molar-refractivity contribution is -0.0186. The summed E-state index contributed by atoms with van der Waals surface area (Å²) in [6, 6.07) is 0. The second-order valence-corrected chi connectivity index (χ2v) is 3.16. The van der Waals surface area contributed by atoms with E-state index in [1.54, 1.807) is 14.0 Å². The third kappa shape index (κ3) is 2.25. The van der Waals surface area contributed by atoms with Crippen LogP contribution < -0.4 is 5.32 Å². The maximum absolute atomic E-state index is 9.34. The van der Waals surface area contributed by atoms with Gasteiger partial charge in [-0.1, -0.05) is 0 Å². The highest BCUT2D eigenvalue weighted by atomic mass is 16.3. The Hall–Kier alpha value is -0.120. The van der Waals surface area contributed by atoms with Gasteiger partial charge in [-0.25, -0.2) is 0 Å². The summed E-state index contributed by atoms with van der Waals surface area (Å²) in [7, 11) is 1.76. The smallest absolute Gasteiger partial charge is 0.0971 e. The standard InChI is InChI=1S/C7H17NO2/c1-5(9)6(10)7(2,3)8-4/h5-6,8-10H,1-4H3. The Morgan fingerprint density at radius 2 is 1.70 bits per heavy atom. The summed E-state index contributed by atoms with van der Waals surface area (Å²) >= 11 is 0. The Bertz CT molecular complexity index is 102. The summed E-state index contributed by atoms with van der Waals surface area (Å²) in [6.07, 6.45) is -1.42. The zero-order valence-corrected chi connectivity index (χ0v) is 7.05. The van der Waals surface area contributed by atoms with Gasteiger partial charge in [-0.05, 0) is 27.8 Å². The number of likely N-dealkylation sites (N-methyl/N-ethyl adjacent to an activating group) is 1. The minimum atomic E-state index is -0.725. The molecular weight excluding hydrogens is 130 g/mol. The van der Waals surface area contributed by atoms with Crippen LogP contribution >= 0.6 is 0 Å². The lowest BCUT2D eigenvalue weighted by atomic mass is 9.94. The van der Waals surface area contributed by atoms with Crippen LogP contribution in [-0.2, 0) is 0 Å². The molecule has 0 aliphatic carbocycles. The first kappa shape index (κ1) is 9.88. The van der Waals surface area contributed by atoms with Crippen molar-refractivity contribution in [1.29, 1.82) is 0 Å². The summed E-state index contributed by atoms with van der Waals surface area (Å²) in [6.45, 7) is 5.25. The molecule has 0 aromatic rings. The van der Waals surface area contributed by atoms with Crippen molar-refractivity contribution in [2.24, 2.45) is 0 Å². The number of nitrogens with one attached hydrogen (secondary N) is 1. The highest BCUT2D eigenvalue weighted by molar-refractivity contribution is 4.87. The Morgan fingerprint density at radius 3 is 1.80 bits per heavy atom. The third-order valence-electron chi connectivity index (χ3n) is 1.84. The van der Waals surface area contributed by atoms with Crippen molar-refractivity contribution in [1.82, 2.24) is 5.32 Å². The predicted octanol–water partition coefficient (Wildman–Crippen LogP) is -0.274. The van der Waals surface area contributed by atoms with E-state index in [-0.39, 0.29) is 0 Å². The highest BCUT2D eigenvalue weighted by Crippen LogP contribution is 2.11. The molecule has 0 aromatic carbocycles. The average molecular weight is 147 g/mol. The lowest BCUT2D eigenvalue weighted by Gasteiger charge is -2.31. The molecule has 0 spiro atoms. The van der Waals surface area contributed by atoms with Crippen LogP contribution in [0.3, 0.4) is 0 Å². The number of aliphatic hydroxyl groups is 2. The van der Waals surface area contributed by atoms with Crippen LogP contribution in [0.2, 0.25) is 0 Å². The van der Waals surface area contributed by atoms with E-state index in [1.807, 2.05) is 13.8 Å². The maximum atomic E-state index is 9.34. The lowest BCUT2D eigenvalue weighted by Crippen LogP contribution is -2.52. The van der Waals surface area contributed by atoms with E-state index >= 15 is 0 Å². The fraction of sp³-hybridized carbons (Fsp3) is 1.00. The second-order valence-electron chi connectivity index (χ2n) is 3.16. The topological polar surface area (TPSA) is 52.5 Å². The molecule has 3 heteroatoms. The van der Waals surface area contributed by atoms with Gasteiger partial charge in [-0.3, -0.25) is 0 Å². The quantitative estimate of drug-likeness (QED) is 0.515. The molecule has 10 heavy (non-hydrogen) atoms. The largest absolute Gasteiger partial charge is 0.391 e. The molecule has 0 bridgehead atoms. The van der Waals surface area contributed by atoms with Crippen molar-refractivity contribution < 1.29 is 10.2 Å². The zero-order valence-electron chi connectivity index (χ0n) is 7.05. The van der Waals surface area contributed by atoms with Gasteiger partial charge in [0.05, 0.1) is 12.2 Å². The van der Waals surface area contributed by atoms with Crippen LogP contribution in [0, 0.1) is 0 Å². The molecule has 0 aliphatic rings. The molecule has 0 amide bonds. The van der Waals surface area contributed by atoms with Crippen LogP contribution in [0.5, 0.6) is 0 Å². The molecule has 0 heterocycles. The van der Waals surface area contributed by atoms with Crippen molar-refractivity contribution in [3.8, 4) is 0 Å². The summed E-state index contributed by atoms with van der Waals surface area (Å²) < 4.78 is 0. The maximum Gasteiger partial charge on any atom is 0.0971 e. The van der Waals surface area contributed by atoms with Crippen molar-refractivity contribution in [2.45, 2.75) is 38.5 Å². The van der Waals surface area contributed by atoms with E-state index in [0.717, 1.165) is 0 Å². The summed E-state index contributed by atoms with van der Waals surface area (Å²) in [5, 5.41) is 21.3. The van der Waals surface area contributed by atoms with Crippen LogP contribution in [0.15, 0.2) is 0 Å². The molecule has 2 unspecified atom stereocenters. The van der Waals surface area contributed by atoms with Crippen LogP contribution in [0.25, 0.3) is 0 Å². The fourth-order valence-corrected chi connectivity index (χ4v) is 0.751. The number of rotatable bonds is 3. The van der Waals surface area contributed by atoms with E-state index in [2.05, 4.69) is 5.32 Å². The van der Waals surface area contributed by atoms with Crippen LogP contribution in [-0.4, -0.2) is 35.0 Å². The Balaban J connectivity index is 4.03. The van der Waals surface area contributed by atoms with Gasteiger partial charge in [0, 0.05) is 5.54 Å². The van der Waals surface area contributed by atoms with Gasteiger partial charge in [0.2, 0.25) is 0 Å². The first-order chi connectivity index (χ1) is 4.41. The van der Waals surface area contributed by atoms with Gasteiger partial charge in [-0.2, -0.15) is 0 Å². The predicted molar refractivity (Wildman–Crippen MR) is 40.8 cm³/mol. The number of aliphatic hydroxyl groups excluding tert-OH is 2. The molecule has 0 saturated carbocycles. The van der Waals surface area contributed by atoms with E-state index in [4.69, 9.17) is 5.11 Å². The minimum absolute atomic E-state index is 0.422. The van der Waals surface area contributed by atoms with Gasteiger partial charge in [0.25, 0.3) is 0 Å². The van der Waals surface area contributed by atoms with Gasteiger partial charge < -0.3 is 15.5 Å². The van der Waals surface area contributed by atoms with Crippen molar-refractivity contribution in [3.05, 3.63) is 0 Å². The van der Waals surface area contributed by atoms with Gasteiger partial charge in [0.1, 0.15) is 0 Å². The Morgan fingerprint density at radius 1 is 1.30 bits per heavy atom. The summed E-state index contributed by atoms with van der Waals surface area (Å²) in [5.41, 5.74) is -0.422. The van der Waals surface area contributed by atoms with E-state index in [1.165, 1.54) is 0 Å². The summed E-state index contributed by atoms with van der Waals surface area (Å²) in [5.74, 6) is 0. The Labute approximate surface area is 62.1 Å². The SMILES string of the molecule is CNC(C)(C)C(O)C(C)O. The normalized spacial score (nSPS) is 18.6. The summed E-state index contributed by atoms with van der Waals surface area (Å²) in [4.78, 5) is 0. The molecule has 0 aliphatic heterocycles. The third-order valence-corrected chi connectivity index (χ3v) is 1.84. The number of hydrogen-bond acceptors (Lipinski definition) is 3. The first-order valence-corrected chi connectivity index (χ1v) is 3.47. The van der Waals surface area contributed by atoms with Gasteiger partial charge in [0.15, 0.2) is 0 Å². The molecule has 0 aromatic heterocycles. The molecule has 0 saturated heterocycles. The average Bonchev–Trinajstić information content (AvgIpc) is 1.86. The fourth-order valence-electron chi connectivity index (χ4n) is 0.751. The van der Waals surface area contributed by atoms with Gasteiger partial charge >= 0.3 is 0 Å². The van der Waals surface area contributed by atoms with Gasteiger partial charge in [-0.15, -0.1) is 0 Å². The van der Waals surface area contributed by atoms with Crippen molar-refractivity contribution in [2.75, 3.05) is 7.05 Å². The van der Waals surface area contributed by atoms with Crippen molar-refractivity contribution in [3.63, 3.8) is 0 Å². The molecule has 3 nitrogen and oxygen atoms in total. The van der Waals surface area contributed by atoms with Crippen LogP contribution in [0.4, 0.5) is 0 Å². The van der Waals surface area contributed by atoms with E-state index in [0.29, 0.717) is 0 Å². The molecule has 0 fully saturated rings. The molecule has 0 rings (SSSR count). The Kier molecular flexibility index (Phi) is 3.28. The van der Waals surface area contributed by atoms with Crippen molar-refractivity contribution >= 4 is 0 Å². The van der Waals surface area contributed by atoms with Crippen LogP contribution in [0.1, 0.15) is 20.8 Å². The molecule has 2 atom stereocenters. The molecule has 0 radical (unpaired) electrons. The van der Waals surface area contributed by atoms with E-state index in [9.17, 15) is 5.11 Å².